The average molecular weight is 483 g/mol. The van der Waals surface area contributed by atoms with E-state index in [1.54, 1.807) is 31.4 Å². The molecule has 1 aliphatic heterocycles. The van der Waals surface area contributed by atoms with Crippen LogP contribution in [-0.4, -0.2) is 18.9 Å². The molecule has 4 rings (SSSR count). The number of halogens is 1. The number of fused-ring (bicyclic) bond motifs is 1. The minimum atomic E-state index is -0.454. The largest absolute Gasteiger partial charge is 0.497 e. The molecule has 0 spiro atoms. The van der Waals surface area contributed by atoms with E-state index in [2.05, 4.69) is 26.6 Å². The molecule has 0 aliphatic carbocycles. The Morgan fingerprint density at radius 2 is 1.74 bits per heavy atom. The summed E-state index contributed by atoms with van der Waals surface area (Å²) in [5.41, 5.74) is 5.49. The SMILES string of the molecule is COc1ccc(NC(=O)NN)cc1.O=C1CC(c2ccc(Br)cc2)Nc2ccccc21. The maximum Gasteiger partial charge on any atom is 0.333 e. The van der Waals surface area contributed by atoms with Gasteiger partial charge >= 0.3 is 6.03 Å². The van der Waals surface area contributed by atoms with Crippen molar-refractivity contribution in [1.82, 2.24) is 5.43 Å². The van der Waals surface area contributed by atoms with Crippen LogP contribution in [0.25, 0.3) is 0 Å². The number of amides is 2. The fourth-order valence-electron chi connectivity index (χ4n) is 3.12. The van der Waals surface area contributed by atoms with Crippen molar-refractivity contribution in [2.24, 2.45) is 5.84 Å². The molecule has 7 nitrogen and oxygen atoms in total. The molecule has 1 atom stereocenters. The molecule has 0 radical (unpaired) electrons. The van der Waals surface area contributed by atoms with Gasteiger partial charge in [-0.3, -0.25) is 10.2 Å². The van der Waals surface area contributed by atoms with Gasteiger partial charge in [0.1, 0.15) is 5.75 Å². The lowest BCUT2D eigenvalue weighted by Gasteiger charge is -2.26. The Morgan fingerprint density at radius 3 is 2.39 bits per heavy atom. The van der Waals surface area contributed by atoms with Crippen molar-refractivity contribution in [3.05, 3.63) is 88.4 Å². The van der Waals surface area contributed by atoms with E-state index in [0.717, 1.165) is 27.0 Å². The number of hydrogen-bond acceptors (Lipinski definition) is 5. The van der Waals surface area contributed by atoms with Gasteiger partial charge in [0.15, 0.2) is 5.78 Å². The number of urea groups is 1. The predicted molar refractivity (Wildman–Crippen MR) is 125 cm³/mol. The fourth-order valence-corrected chi connectivity index (χ4v) is 3.39. The molecule has 0 saturated carbocycles. The van der Waals surface area contributed by atoms with Crippen LogP contribution in [0.2, 0.25) is 0 Å². The van der Waals surface area contributed by atoms with Crippen LogP contribution >= 0.6 is 15.9 Å². The number of hydrazine groups is 1. The van der Waals surface area contributed by atoms with Gasteiger partial charge in [0.25, 0.3) is 0 Å². The zero-order valence-electron chi connectivity index (χ0n) is 16.9. The number of nitrogens with two attached hydrogens (primary N) is 1. The van der Waals surface area contributed by atoms with E-state index in [4.69, 9.17) is 10.6 Å². The van der Waals surface area contributed by atoms with Gasteiger partial charge in [-0.1, -0.05) is 40.2 Å². The summed E-state index contributed by atoms with van der Waals surface area (Å²) in [5, 5.41) is 5.94. The lowest BCUT2D eigenvalue weighted by molar-refractivity contribution is 0.0972. The highest BCUT2D eigenvalue weighted by atomic mass is 79.9. The second kappa shape index (κ2) is 10.6. The molecule has 2 amide bonds. The van der Waals surface area contributed by atoms with Crippen LogP contribution in [-0.2, 0) is 0 Å². The van der Waals surface area contributed by atoms with Crippen molar-refractivity contribution in [2.75, 3.05) is 17.7 Å². The number of methoxy groups -OCH3 is 1. The van der Waals surface area contributed by atoms with E-state index in [-0.39, 0.29) is 11.8 Å². The van der Waals surface area contributed by atoms with E-state index in [9.17, 15) is 9.59 Å². The summed E-state index contributed by atoms with van der Waals surface area (Å²) in [6.45, 7) is 0. The van der Waals surface area contributed by atoms with Crippen LogP contribution in [0.3, 0.4) is 0 Å². The number of carbonyl (C=O) groups excluding carboxylic acids is 2. The zero-order valence-corrected chi connectivity index (χ0v) is 18.5. The Morgan fingerprint density at radius 1 is 1.06 bits per heavy atom. The summed E-state index contributed by atoms with van der Waals surface area (Å²) in [6, 6.07) is 22.3. The van der Waals surface area contributed by atoms with Crippen molar-refractivity contribution < 1.29 is 14.3 Å². The van der Waals surface area contributed by atoms with Crippen LogP contribution in [0.4, 0.5) is 16.2 Å². The number of rotatable bonds is 3. The first-order valence-electron chi connectivity index (χ1n) is 9.56. The smallest absolute Gasteiger partial charge is 0.333 e. The Kier molecular flexibility index (Phi) is 7.64. The molecule has 0 bridgehead atoms. The number of para-hydroxylation sites is 1. The van der Waals surface area contributed by atoms with E-state index < -0.39 is 6.03 Å². The number of hydrogen-bond donors (Lipinski definition) is 4. The minimum Gasteiger partial charge on any atom is -0.497 e. The summed E-state index contributed by atoms with van der Waals surface area (Å²) < 4.78 is 6.00. The van der Waals surface area contributed by atoms with Crippen LogP contribution < -0.4 is 26.6 Å². The lowest BCUT2D eigenvalue weighted by atomic mass is 9.92. The highest BCUT2D eigenvalue weighted by Gasteiger charge is 2.24. The van der Waals surface area contributed by atoms with Gasteiger partial charge in [0.05, 0.1) is 13.2 Å². The van der Waals surface area contributed by atoms with Crippen molar-refractivity contribution in [1.29, 1.82) is 0 Å². The first kappa shape index (κ1) is 22.3. The van der Waals surface area contributed by atoms with Gasteiger partial charge in [-0.15, -0.1) is 0 Å². The van der Waals surface area contributed by atoms with Crippen LogP contribution in [0.5, 0.6) is 5.75 Å². The number of benzene rings is 3. The lowest BCUT2D eigenvalue weighted by Crippen LogP contribution is -2.34. The molecule has 1 unspecified atom stereocenters. The first-order chi connectivity index (χ1) is 15.0. The molecular formula is C23H23BrN4O3. The molecule has 1 heterocycles. The van der Waals surface area contributed by atoms with Gasteiger partial charge in [-0.25, -0.2) is 10.6 Å². The number of anilines is 2. The third-order valence-corrected chi connectivity index (χ3v) is 5.23. The van der Waals surface area contributed by atoms with Crippen LogP contribution in [0.15, 0.2) is 77.3 Å². The number of nitrogens with one attached hydrogen (secondary N) is 3. The standard InChI is InChI=1S/C15H12BrNO.C8H11N3O2/c16-11-7-5-10(6-8-11)14-9-15(18)12-3-1-2-4-13(12)17-14;1-13-7-4-2-6(3-5-7)10-8(12)11-9/h1-8,14,17H,9H2;2-5H,9H2,1H3,(H2,10,11,12). The zero-order chi connectivity index (χ0) is 22.2. The Balaban J connectivity index is 0.000000187. The normalized spacial score (nSPS) is 14.3. The van der Waals surface area contributed by atoms with Crippen molar-refractivity contribution in [3.63, 3.8) is 0 Å². The molecule has 31 heavy (non-hydrogen) atoms. The molecule has 1 aliphatic rings. The summed E-state index contributed by atoms with van der Waals surface area (Å²) in [6.07, 6.45) is 0.513. The predicted octanol–water partition coefficient (Wildman–Crippen LogP) is 4.88. The third-order valence-electron chi connectivity index (χ3n) is 4.70. The number of carbonyl (C=O) groups is 2. The number of ketones is 1. The molecule has 0 aromatic heterocycles. The van der Waals surface area contributed by atoms with E-state index in [1.807, 2.05) is 54.0 Å². The van der Waals surface area contributed by atoms with E-state index >= 15 is 0 Å². The van der Waals surface area contributed by atoms with Gasteiger partial charge in [-0.2, -0.15) is 0 Å². The maximum absolute atomic E-state index is 12.1. The van der Waals surface area contributed by atoms with E-state index in [1.165, 1.54) is 0 Å². The average Bonchev–Trinajstić information content (AvgIpc) is 2.80. The van der Waals surface area contributed by atoms with Gasteiger partial charge in [0.2, 0.25) is 0 Å². The Bertz CT molecular complexity index is 1040. The minimum absolute atomic E-state index is 0.0699. The second-order valence-electron chi connectivity index (χ2n) is 6.75. The molecule has 5 N–H and O–H groups in total. The Labute approximate surface area is 189 Å². The van der Waals surface area contributed by atoms with Gasteiger partial charge < -0.3 is 15.4 Å². The monoisotopic (exact) mass is 482 g/mol. The van der Waals surface area contributed by atoms with Gasteiger partial charge in [0, 0.05) is 27.8 Å². The third kappa shape index (κ3) is 6.07. The number of ether oxygens (including phenoxy) is 1. The summed E-state index contributed by atoms with van der Waals surface area (Å²) in [4.78, 5) is 22.8. The second-order valence-corrected chi connectivity index (χ2v) is 7.66. The molecule has 0 fully saturated rings. The molecular weight excluding hydrogens is 460 g/mol. The Hall–Kier alpha value is -3.36. The quantitative estimate of drug-likeness (QED) is 0.242. The highest BCUT2D eigenvalue weighted by Crippen LogP contribution is 2.32. The van der Waals surface area contributed by atoms with Crippen molar-refractivity contribution in [2.45, 2.75) is 12.5 Å². The summed E-state index contributed by atoms with van der Waals surface area (Å²) in [7, 11) is 1.58. The maximum atomic E-state index is 12.1. The van der Waals surface area contributed by atoms with Gasteiger partial charge in [-0.05, 0) is 54.1 Å². The van der Waals surface area contributed by atoms with Crippen LogP contribution in [0, 0.1) is 0 Å². The highest BCUT2D eigenvalue weighted by molar-refractivity contribution is 9.10. The molecule has 160 valence electrons. The summed E-state index contributed by atoms with van der Waals surface area (Å²) in [5.74, 6) is 5.83. The van der Waals surface area contributed by atoms with E-state index in [0.29, 0.717) is 12.1 Å². The molecule has 0 saturated heterocycles. The topological polar surface area (TPSA) is 105 Å². The molecule has 3 aromatic carbocycles. The van der Waals surface area contributed by atoms with Crippen LogP contribution in [0.1, 0.15) is 28.4 Å². The molecule has 3 aromatic rings. The van der Waals surface area contributed by atoms with Crippen molar-refractivity contribution >= 4 is 39.1 Å². The summed E-state index contributed by atoms with van der Waals surface area (Å²) >= 11 is 3.42. The van der Waals surface area contributed by atoms with Crippen molar-refractivity contribution in [3.8, 4) is 5.75 Å². The number of Topliss-reactive ketones (excluding diaryl/α,β-unsaturated/α-hetero) is 1. The molecule has 8 heteroatoms. The fraction of sp³-hybridized carbons (Fsp3) is 0.130. The first-order valence-corrected chi connectivity index (χ1v) is 10.4.